The van der Waals surface area contributed by atoms with Gasteiger partial charge in [-0.15, -0.1) is 11.3 Å². The summed E-state index contributed by atoms with van der Waals surface area (Å²) in [5, 5.41) is 7.90. The number of nitrogens with zero attached hydrogens (tertiary/aromatic N) is 1. The van der Waals surface area contributed by atoms with Gasteiger partial charge in [-0.3, -0.25) is 14.5 Å². The molecule has 162 valence electrons. The maximum Gasteiger partial charge on any atom is 0.222 e. The monoisotopic (exact) mass is 427 g/mol. The van der Waals surface area contributed by atoms with Gasteiger partial charge in [0, 0.05) is 38.0 Å². The minimum absolute atomic E-state index is 0.0582. The van der Waals surface area contributed by atoms with E-state index in [0.29, 0.717) is 6.54 Å². The molecule has 3 rings (SSSR count). The highest BCUT2D eigenvalue weighted by Gasteiger charge is 2.22. The van der Waals surface area contributed by atoms with Crippen LogP contribution in [0.4, 0.5) is 0 Å². The maximum absolute atomic E-state index is 12.6. The Bertz CT molecular complexity index is 827. The summed E-state index contributed by atoms with van der Waals surface area (Å²) in [5.74, 6) is 1.26. The molecule has 0 unspecified atom stereocenters. The minimum Gasteiger partial charge on any atom is -0.352 e. The lowest BCUT2D eigenvalue weighted by Gasteiger charge is -2.35. The van der Waals surface area contributed by atoms with Crippen LogP contribution in [0, 0.1) is 11.8 Å². The van der Waals surface area contributed by atoms with Gasteiger partial charge in [0.1, 0.15) is 0 Å². The second kappa shape index (κ2) is 10.7. The standard InChI is InChI=1S/C24H33N3O2S/c1-17-11-18(2)15-27(14-17)16-21-8-5-4-7-20(21)13-25-24(29)12-22(26-19(3)28)23-9-6-10-30-23/h4-10,17-18,22H,11-16H2,1-3H3,(H,25,29)(H,26,28)/t17-,18+,22-/m1/s1. The van der Waals surface area contributed by atoms with Gasteiger partial charge in [-0.2, -0.15) is 0 Å². The SMILES string of the molecule is CC(=O)N[C@H](CC(=O)NCc1ccccc1CN1C[C@H](C)C[C@H](C)C1)c1cccs1. The van der Waals surface area contributed by atoms with Gasteiger partial charge in [-0.25, -0.2) is 0 Å². The molecule has 5 nitrogen and oxygen atoms in total. The number of nitrogens with one attached hydrogen (secondary N) is 2. The summed E-state index contributed by atoms with van der Waals surface area (Å²) < 4.78 is 0. The molecule has 1 aliphatic heterocycles. The van der Waals surface area contributed by atoms with Crippen molar-refractivity contribution in [1.29, 1.82) is 0 Å². The zero-order valence-electron chi connectivity index (χ0n) is 18.2. The van der Waals surface area contributed by atoms with Crippen LogP contribution in [0.3, 0.4) is 0 Å². The van der Waals surface area contributed by atoms with Crippen LogP contribution in [0.5, 0.6) is 0 Å². The Balaban J connectivity index is 1.58. The zero-order valence-corrected chi connectivity index (χ0v) is 19.0. The van der Waals surface area contributed by atoms with Crippen molar-refractivity contribution in [3.63, 3.8) is 0 Å². The smallest absolute Gasteiger partial charge is 0.222 e. The van der Waals surface area contributed by atoms with Gasteiger partial charge in [0.15, 0.2) is 0 Å². The molecule has 0 spiro atoms. The fourth-order valence-electron chi connectivity index (χ4n) is 4.46. The first kappa shape index (κ1) is 22.5. The quantitative estimate of drug-likeness (QED) is 0.666. The third kappa shape index (κ3) is 6.67. The molecule has 6 heteroatoms. The van der Waals surface area contributed by atoms with E-state index in [9.17, 15) is 9.59 Å². The number of hydrogen-bond donors (Lipinski definition) is 2. The molecule has 0 radical (unpaired) electrons. The van der Waals surface area contributed by atoms with E-state index >= 15 is 0 Å². The van der Waals surface area contributed by atoms with Crippen molar-refractivity contribution in [2.24, 2.45) is 11.8 Å². The van der Waals surface area contributed by atoms with Crippen molar-refractivity contribution in [2.75, 3.05) is 13.1 Å². The fraction of sp³-hybridized carbons (Fsp3) is 0.500. The van der Waals surface area contributed by atoms with E-state index < -0.39 is 0 Å². The zero-order chi connectivity index (χ0) is 21.5. The molecule has 2 amide bonds. The first-order chi connectivity index (χ1) is 14.4. The van der Waals surface area contributed by atoms with Crippen LogP contribution < -0.4 is 10.6 Å². The van der Waals surface area contributed by atoms with Crippen LogP contribution in [0.2, 0.25) is 0 Å². The molecule has 3 atom stereocenters. The first-order valence-corrected chi connectivity index (χ1v) is 11.6. The lowest BCUT2D eigenvalue weighted by atomic mass is 9.91. The van der Waals surface area contributed by atoms with Crippen LogP contribution in [-0.4, -0.2) is 29.8 Å². The average Bonchev–Trinajstić information content (AvgIpc) is 3.20. The molecule has 2 heterocycles. The average molecular weight is 428 g/mol. The molecule has 1 aromatic heterocycles. The summed E-state index contributed by atoms with van der Waals surface area (Å²) in [4.78, 5) is 27.7. The predicted octanol–water partition coefficient (Wildman–Crippen LogP) is 4.11. The Kier molecular flexibility index (Phi) is 8.05. The van der Waals surface area contributed by atoms with Gasteiger partial charge >= 0.3 is 0 Å². The summed E-state index contributed by atoms with van der Waals surface area (Å²) in [5.41, 5.74) is 2.43. The molecule has 30 heavy (non-hydrogen) atoms. The second-order valence-corrected chi connectivity index (χ2v) is 9.64. The maximum atomic E-state index is 12.6. The lowest BCUT2D eigenvalue weighted by molar-refractivity contribution is -0.122. The fourth-order valence-corrected chi connectivity index (χ4v) is 5.23. The summed E-state index contributed by atoms with van der Waals surface area (Å²) in [7, 11) is 0. The van der Waals surface area contributed by atoms with Crippen molar-refractivity contribution in [3.05, 3.63) is 57.8 Å². The molecule has 2 aromatic rings. The number of benzene rings is 1. The van der Waals surface area contributed by atoms with Gasteiger partial charge in [0.2, 0.25) is 11.8 Å². The van der Waals surface area contributed by atoms with Gasteiger partial charge < -0.3 is 10.6 Å². The summed E-state index contributed by atoms with van der Waals surface area (Å²) >= 11 is 1.55. The highest BCUT2D eigenvalue weighted by Crippen LogP contribution is 2.24. The number of likely N-dealkylation sites (tertiary alicyclic amines) is 1. The molecule has 0 bridgehead atoms. The summed E-state index contributed by atoms with van der Waals surface area (Å²) in [6, 6.07) is 12.0. The van der Waals surface area contributed by atoms with Crippen molar-refractivity contribution in [3.8, 4) is 0 Å². The lowest BCUT2D eigenvalue weighted by Crippen LogP contribution is -2.38. The number of amides is 2. The van der Waals surface area contributed by atoms with Crippen LogP contribution in [0.15, 0.2) is 41.8 Å². The van der Waals surface area contributed by atoms with Crippen molar-refractivity contribution in [2.45, 2.75) is 52.7 Å². The van der Waals surface area contributed by atoms with E-state index in [1.54, 1.807) is 11.3 Å². The predicted molar refractivity (Wildman–Crippen MR) is 122 cm³/mol. The number of piperidine rings is 1. The Labute approximate surface area is 183 Å². The normalized spacial score (nSPS) is 20.5. The van der Waals surface area contributed by atoms with Gasteiger partial charge in [-0.1, -0.05) is 44.2 Å². The van der Waals surface area contributed by atoms with E-state index in [2.05, 4.69) is 47.6 Å². The molecular formula is C24H33N3O2S. The van der Waals surface area contributed by atoms with E-state index in [1.807, 2.05) is 23.6 Å². The molecule has 0 aliphatic carbocycles. The van der Waals surface area contributed by atoms with E-state index in [1.165, 1.54) is 18.9 Å². The highest BCUT2D eigenvalue weighted by atomic mass is 32.1. The van der Waals surface area contributed by atoms with Gasteiger partial charge in [0.05, 0.1) is 12.5 Å². The molecule has 1 saturated heterocycles. The van der Waals surface area contributed by atoms with Crippen LogP contribution in [-0.2, 0) is 22.7 Å². The molecule has 1 aromatic carbocycles. The highest BCUT2D eigenvalue weighted by molar-refractivity contribution is 7.10. The Morgan fingerprint density at radius 2 is 1.80 bits per heavy atom. The van der Waals surface area contributed by atoms with Crippen LogP contribution >= 0.6 is 11.3 Å². The number of rotatable bonds is 8. The minimum atomic E-state index is -0.283. The van der Waals surface area contributed by atoms with Crippen molar-refractivity contribution >= 4 is 23.2 Å². The largest absolute Gasteiger partial charge is 0.352 e. The van der Waals surface area contributed by atoms with E-state index in [0.717, 1.165) is 41.9 Å². The molecule has 1 fully saturated rings. The number of hydrogen-bond acceptors (Lipinski definition) is 4. The van der Waals surface area contributed by atoms with Crippen LogP contribution in [0.25, 0.3) is 0 Å². The number of carbonyl (C=O) groups excluding carboxylic acids is 2. The summed E-state index contributed by atoms with van der Waals surface area (Å²) in [6.45, 7) is 9.82. The Morgan fingerprint density at radius 1 is 1.10 bits per heavy atom. The number of carbonyl (C=O) groups is 2. The Hall–Kier alpha value is -2.18. The third-order valence-electron chi connectivity index (χ3n) is 5.59. The Morgan fingerprint density at radius 3 is 2.43 bits per heavy atom. The van der Waals surface area contributed by atoms with Crippen molar-refractivity contribution < 1.29 is 9.59 Å². The van der Waals surface area contributed by atoms with Crippen molar-refractivity contribution in [1.82, 2.24) is 15.5 Å². The molecular weight excluding hydrogens is 394 g/mol. The second-order valence-electron chi connectivity index (χ2n) is 8.66. The van der Waals surface area contributed by atoms with E-state index in [4.69, 9.17) is 0 Å². The van der Waals surface area contributed by atoms with Crippen LogP contribution in [0.1, 0.15) is 55.7 Å². The summed E-state index contributed by atoms with van der Waals surface area (Å²) in [6.07, 6.45) is 1.54. The molecule has 0 saturated carbocycles. The van der Waals surface area contributed by atoms with Gasteiger partial charge in [0.25, 0.3) is 0 Å². The van der Waals surface area contributed by atoms with E-state index in [-0.39, 0.29) is 24.3 Å². The molecule has 2 N–H and O–H groups in total. The van der Waals surface area contributed by atoms with Gasteiger partial charge in [-0.05, 0) is 40.8 Å². The first-order valence-electron chi connectivity index (χ1n) is 10.8. The molecule has 1 aliphatic rings. The third-order valence-corrected chi connectivity index (χ3v) is 6.57. The number of thiophene rings is 1. The topological polar surface area (TPSA) is 61.4 Å².